The molecule has 0 amide bonds. The fourth-order valence-corrected chi connectivity index (χ4v) is 3.74. The number of benzene rings is 1. The summed E-state index contributed by atoms with van der Waals surface area (Å²) in [5, 5.41) is 4.73. The number of halogens is 3. The zero-order chi connectivity index (χ0) is 17.8. The van der Waals surface area contributed by atoms with Crippen LogP contribution < -0.4 is 5.32 Å². The van der Waals surface area contributed by atoms with Crippen LogP contribution in [0.4, 0.5) is 0 Å². The number of nitrogens with one attached hydrogen (secondary N) is 1. The van der Waals surface area contributed by atoms with Gasteiger partial charge in [0.25, 0.3) is 0 Å². The molecule has 5 nitrogen and oxygen atoms in total. The molecule has 1 fully saturated rings. The van der Waals surface area contributed by atoms with E-state index in [1.54, 1.807) is 6.07 Å². The molecule has 1 aliphatic rings. The van der Waals surface area contributed by atoms with E-state index in [1.165, 1.54) is 0 Å². The maximum Gasteiger partial charge on any atom is 0.193 e. The quantitative estimate of drug-likeness (QED) is 0.379. The molecule has 0 aliphatic carbocycles. The summed E-state index contributed by atoms with van der Waals surface area (Å²) < 4.78 is 2.19. The van der Waals surface area contributed by atoms with Gasteiger partial charge in [-0.15, -0.1) is 24.0 Å². The highest BCUT2D eigenvalue weighted by molar-refractivity contribution is 14.0. The highest BCUT2D eigenvalue weighted by Gasteiger charge is 2.28. The number of hydrogen-bond acceptors (Lipinski definition) is 2. The van der Waals surface area contributed by atoms with E-state index in [4.69, 9.17) is 23.2 Å². The Balaban J connectivity index is 0.00000243. The van der Waals surface area contributed by atoms with Gasteiger partial charge in [-0.2, -0.15) is 0 Å². The molecule has 8 heteroatoms. The number of aromatic nitrogens is 2. The second-order valence-electron chi connectivity index (χ2n) is 6.43. The molecule has 1 aromatic carbocycles. The molecule has 0 spiro atoms. The van der Waals surface area contributed by atoms with Crippen molar-refractivity contribution in [3.05, 3.63) is 52.5 Å². The summed E-state index contributed by atoms with van der Waals surface area (Å²) in [5.41, 5.74) is 1.00. The molecule has 0 saturated carbocycles. The van der Waals surface area contributed by atoms with Crippen molar-refractivity contribution < 1.29 is 0 Å². The van der Waals surface area contributed by atoms with Crippen LogP contribution in [0.3, 0.4) is 0 Å². The Bertz CT molecular complexity index is 735. The smallest absolute Gasteiger partial charge is 0.193 e. The maximum absolute atomic E-state index is 6.26. The Labute approximate surface area is 181 Å². The van der Waals surface area contributed by atoms with Crippen molar-refractivity contribution >= 4 is 53.1 Å². The van der Waals surface area contributed by atoms with Gasteiger partial charge in [0.05, 0.1) is 12.4 Å². The summed E-state index contributed by atoms with van der Waals surface area (Å²) in [4.78, 5) is 10.9. The maximum atomic E-state index is 6.26. The second-order valence-corrected chi connectivity index (χ2v) is 7.27. The molecular formula is C18H24Cl2IN5. The Morgan fingerprint density at radius 2 is 2.19 bits per heavy atom. The van der Waals surface area contributed by atoms with Gasteiger partial charge in [-0.25, -0.2) is 4.98 Å². The highest BCUT2D eigenvalue weighted by atomic mass is 127. The van der Waals surface area contributed by atoms with Crippen LogP contribution in [-0.2, 0) is 6.54 Å². The predicted molar refractivity (Wildman–Crippen MR) is 119 cm³/mol. The van der Waals surface area contributed by atoms with Crippen molar-refractivity contribution in [2.75, 3.05) is 20.1 Å². The van der Waals surface area contributed by atoms with Crippen LogP contribution in [0.25, 0.3) is 0 Å². The highest BCUT2D eigenvalue weighted by Crippen LogP contribution is 2.27. The monoisotopic (exact) mass is 507 g/mol. The number of rotatable bonds is 3. The van der Waals surface area contributed by atoms with E-state index in [-0.39, 0.29) is 24.0 Å². The van der Waals surface area contributed by atoms with Crippen LogP contribution in [0.15, 0.2) is 41.9 Å². The van der Waals surface area contributed by atoms with Gasteiger partial charge in [0.1, 0.15) is 0 Å². The van der Waals surface area contributed by atoms with E-state index in [0.717, 1.165) is 31.0 Å². The van der Waals surface area contributed by atoms with Crippen LogP contribution in [-0.4, -0.2) is 40.5 Å². The normalized spacial score (nSPS) is 20.6. The number of guanidine groups is 1. The number of hydrogen-bond donors (Lipinski definition) is 1. The minimum Gasteiger partial charge on any atom is -0.352 e. The molecule has 2 unspecified atom stereocenters. The lowest BCUT2D eigenvalue weighted by molar-refractivity contribution is 0.189. The average Bonchev–Trinajstić information content (AvgIpc) is 3.12. The van der Waals surface area contributed by atoms with Crippen LogP contribution in [0.2, 0.25) is 10.0 Å². The van der Waals surface area contributed by atoms with Gasteiger partial charge in [-0.1, -0.05) is 36.2 Å². The van der Waals surface area contributed by atoms with Crippen LogP contribution in [0, 0.1) is 5.92 Å². The summed E-state index contributed by atoms with van der Waals surface area (Å²) in [6.07, 6.45) is 6.88. The van der Waals surface area contributed by atoms with E-state index >= 15 is 0 Å². The third-order valence-corrected chi connectivity index (χ3v) is 5.38. The van der Waals surface area contributed by atoms with Gasteiger partial charge in [-0.05, 0) is 30.0 Å². The van der Waals surface area contributed by atoms with Gasteiger partial charge in [0.15, 0.2) is 5.96 Å². The number of aliphatic imine (C=N–C) groups is 1. The molecule has 1 N–H and O–H groups in total. The lowest BCUT2D eigenvalue weighted by Crippen LogP contribution is -2.48. The molecule has 1 saturated heterocycles. The van der Waals surface area contributed by atoms with Gasteiger partial charge >= 0.3 is 0 Å². The molecule has 1 aliphatic heterocycles. The Kier molecular flexibility index (Phi) is 8.04. The summed E-state index contributed by atoms with van der Waals surface area (Å²) in [5.74, 6) is 1.50. The van der Waals surface area contributed by atoms with Crippen LogP contribution >= 0.6 is 47.2 Å². The van der Waals surface area contributed by atoms with E-state index in [9.17, 15) is 0 Å². The molecule has 2 atom stereocenters. The molecule has 1 aromatic heterocycles. The van der Waals surface area contributed by atoms with Crippen molar-refractivity contribution in [2.24, 2.45) is 10.9 Å². The molecule has 2 heterocycles. The Morgan fingerprint density at radius 1 is 1.38 bits per heavy atom. The zero-order valence-electron chi connectivity index (χ0n) is 14.9. The van der Waals surface area contributed by atoms with Crippen molar-refractivity contribution in [1.29, 1.82) is 0 Å². The molecule has 0 radical (unpaired) electrons. The fraction of sp³-hybridized carbons (Fsp3) is 0.444. The SMILES string of the molecule is CN=C(NCc1ccc(Cl)cc1Cl)N1CCC(C)C(n2ccnc2)C1.I. The fourth-order valence-electron chi connectivity index (χ4n) is 3.27. The largest absolute Gasteiger partial charge is 0.352 e. The molecule has 3 rings (SSSR count). The van der Waals surface area contributed by atoms with E-state index in [2.05, 4.69) is 31.7 Å². The molecule has 142 valence electrons. The number of imidazole rings is 1. The lowest BCUT2D eigenvalue weighted by Gasteiger charge is -2.39. The molecule has 2 aromatic rings. The van der Waals surface area contributed by atoms with Crippen molar-refractivity contribution in [2.45, 2.75) is 25.9 Å². The first-order valence-electron chi connectivity index (χ1n) is 8.45. The zero-order valence-corrected chi connectivity index (χ0v) is 18.7. The summed E-state index contributed by atoms with van der Waals surface area (Å²) in [6.45, 7) is 4.81. The van der Waals surface area contributed by atoms with E-state index in [0.29, 0.717) is 28.5 Å². The first-order chi connectivity index (χ1) is 12.1. The summed E-state index contributed by atoms with van der Waals surface area (Å²) >= 11 is 12.2. The standard InChI is InChI=1S/C18H23Cl2N5.HI/c1-13-5-7-24(11-17(13)25-8-6-22-12-25)18(21-2)23-10-14-3-4-15(19)9-16(14)20;/h3-4,6,8-9,12-13,17H,5,7,10-11H2,1-2H3,(H,21,23);1H. The van der Waals surface area contributed by atoms with Crippen molar-refractivity contribution in [3.63, 3.8) is 0 Å². The summed E-state index contributed by atoms with van der Waals surface area (Å²) in [6, 6.07) is 5.96. The third kappa shape index (κ3) is 5.04. The number of likely N-dealkylation sites (tertiary alicyclic amines) is 1. The first kappa shape index (κ1) is 21.3. The Morgan fingerprint density at radius 3 is 2.85 bits per heavy atom. The third-order valence-electron chi connectivity index (χ3n) is 4.79. The lowest BCUT2D eigenvalue weighted by atomic mass is 9.93. The van der Waals surface area contributed by atoms with Gasteiger partial charge in [0, 0.05) is 49.1 Å². The molecule has 26 heavy (non-hydrogen) atoms. The van der Waals surface area contributed by atoms with Crippen molar-refractivity contribution in [1.82, 2.24) is 19.8 Å². The van der Waals surface area contributed by atoms with E-state index in [1.807, 2.05) is 37.9 Å². The molecular weight excluding hydrogens is 484 g/mol. The average molecular weight is 508 g/mol. The van der Waals surface area contributed by atoms with Gasteiger partial charge in [-0.3, -0.25) is 4.99 Å². The van der Waals surface area contributed by atoms with Crippen LogP contribution in [0.5, 0.6) is 0 Å². The summed E-state index contributed by atoms with van der Waals surface area (Å²) in [7, 11) is 1.82. The molecule has 0 bridgehead atoms. The minimum atomic E-state index is 0. The number of piperidine rings is 1. The van der Waals surface area contributed by atoms with Gasteiger partial charge in [0.2, 0.25) is 0 Å². The Hall–Kier alpha value is -0.990. The minimum absolute atomic E-state index is 0. The predicted octanol–water partition coefficient (Wildman–Crippen LogP) is 4.47. The van der Waals surface area contributed by atoms with E-state index < -0.39 is 0 Å². The second kappa shape index (κ2) is 9.80. The number of nitrogens with zero attached hydrogens (tertiary/aromatic N) is 4. The van der Waals surface area contributed by atoms with Crippen LogP contribution in [0.1, 0.15) is 24.9 Å². The van der Waals surface area contributed by atoms with Crippen molar-refractivity contribution in [3.8, 4) is 0 Å². The topological polar surface area (TPSA) is 45.5 Å². The van der Waals surface area contributed by atoms with Gasteiger partial charge < -0.3 is 14.8 Å². The first-order valence-corrected chi connectivity index (χ1v) is 9.21.